The van der Waals surface area contributed by atoms with Gasteiger partial charge < -0.3 is 4.74 Å². The van der Waals surface area contributed by atoms with Crippen LogP contribution in [0.5, 0.6) is 5.75 Å². The molecule has 0 radical (unpaired) electrons. The van der Waals surface area contributed by atoms with Crippen molar-refractivity contribution in [2.45, 2.75) is 6.42 Å². The molecule has 0 aliphatic rings. The van der Waals surface area contributed by atoms with Crippen molar-refractivity contribution in [3.05, 3.63) is 65.2 Å². The molecule has 0 amide bonds. The highest BCUT2D eigenvalue weighted by Crippen LogP contribution is 2.24. The first kappa shape index (κ1) is 11.4. The van der Waals surface area contributed by atoms with Gasteiger partial charge in [0.1, 0.15) is 5.75 Å². The first-order valence-electron chi connectivity index (χ1n) is 5.50. The third-order valence-electron chi connectivity index (χ3n) is 2.70. The van der Waals surface area contributed by atoms with Crippen LogP contribution in [0.25, 0.3) is 0 Å². The average molecular weight is 226 g/mol. The Hall–Kier alpha value is -2.09. The molecule has 2 heteroatoms. The van der Waals surface area contributed by atoms with Crippen LogP contribution in [-0.4, -0.2) is 13.4 Å². The molecule has 0 N–H and O–H groups in total. The van der Waals surface area contributed by atoms with Gasteiger partial charge in [0.2, 0.25) is 0 Å². The van der Waals surface area contributed by atoms with Crippen LogP contribution in [-0.2, 0) is 6.42 Å². The molecule has 0 fully saturated rings. The molecule has 2 aromatic rings. The molecule has 0 heterocycles. The van der Waals surface area contributed by atoms with E-state index in [4.69, 9.17) is 4.74 Å². The number of methoxy groups -OCH3 is 1. The highest BCUT2D eigenvalue weighted by Gasteiger charge is 2.08. The lowest BCUT2D eigenvalue weighted by Gasteiger charge is -2.10. The van der Waals surface area contributed by atoms with E-state index in [1.807, 2.05) is 30.3 Å². The Bertz CT molecular complexity index is 504. The van der Waals surface area contributed by atoms with Crippen molar-refractivity contribution >= 4 is 6.29 Å². The lowest BCUT2D eigenvalue weighted by Crippen LogP contribution is -1.97. The topological polar surface area (TPSA) is 26.3 Å². The zero-order valence-electron chi connectivity index (χ0n) is 9.72. The van der Waals surface area contributed by atoms with Crippen LogP contribution >= 0.6 is 0 Å². The molecular weight excluding hydrogens is 212 g/mol. The molecular formula is C15H14O2. The summed E-state index contributed by atoms with van der Waals surface area (Å²) >= 11 is 0. The van der Waals surface area contributed by atoms with Gasteiger partial charge in [0.15, 0.2) is 6.29 Å². The predicted octanol–water partition coefficient (Wildman–Crippen LogP) is 3.10. The zero-order chi connectivity index (χ0) is 12.1. The van der Waals surface area contributed by atoms with Crippen LogP contribution in [0.3, 0.4) is 0 Å². The summed E-state index contributed by atoms with van der Waals surface area (Å²) in [7, 11) is 1.59. The van der Waals surface area contributed by atoms with Gasteiger partial charge in [-0.3, -0.25) is 4.79 Å². The number of carbonyl (C=O) groups excluding carboxylic acids is 1. The van der Waals surface area contributed by atoms with Gasteiger partial charge in [0.05, 0.1) is 12.7 Å². The SMILES string of the molecule is COc1c(C=O)cccc1Cc1ccccc1. The number of aldehydes is 1. The molecule has 17 heavy (non-hydrogen) atoms. The number of para-hydroxylation sites is 1. The van der Waals surface area contributed by atoms with Crippen LogP contribution in [0, 0.1) is 0 Å². The number of benzene rings is 2. The molecule has 0 saturated heterocycles. The van der Waals surface area contributed by atoms with Crippen molar-refractivity contribution in [3.63, 3.8) is 0 Å². The highest BCUT2D eigenvalue weighted by molar-refractivity contribution is 5.80. The van der Waals surface area contributed by atoms with Gasteiger partial charge in [-0.2, -0.15) is 0 Å². The minimum absolute atomic E-state index is 0.598. The molecule has 0 spiro atoms. The van der Waals surface area contributed by atoms with Crippen molar-refractivity contribution in [1.29, 1.82) is 0 Å². The van der Waals surface area contributed by atoms with E-state index in [9.17, 15) is 4.79 Å². The fraction of sp³-hybridized carbons (Fsp3) is 0.133. The Morgan fingerprint density at radius 1 is 1.06 bits per heavy atom. The molecule has 0 saturated carbocycles. The standard InChI is InChI=1S/C15H14O2/c1-17-15-13(8-5-9-14(15)11-16)10-12-6-3-2-4-7-12/h2-9,11H,10H2,1H3. The van der Waals surface area contributed by atoms with Crippen LogP contribution in [0.1, 0.15) is 21.5 Å². The number of hydrogen-bond acceptors (Lipinski definition) is 2. The van der Waals surface area contributed by atoms with E-state index in [-0.39, 0.29) is 0 Å². The monoisotopic (exact) mass is 226 g/mol. The fourth-order valence-electron chi connectivity index (χ4n) is 1.90. The van der Waals surface area contributed by atoms with Gasteiger partial charge in [-0.1, -0.05) is 42.5 Å². The number of hydrogen-bond donors (Lipinski definition) is 0. The molecule has 2 aromatic carbocycles. The summed E-state index contributed by atoms with van der Waals surface area (Å²) in [6.07, 6.45) is 1.60. The predicted molar refractivity (Wildman–Crippen MR) is 67.6 cm³/mol. The normalized spacial score (nSPS) is 9.94. The molecule has 2 rings (SSSR count). The van der Waals surface area contributed by atoms with Crippen LogP contribution < -0.4 is 4.74 Å². The first-order valence-corrected chi connectivity index (χ1v) is 5.50. The summed E-state index contributed by atoms with van der Waals surface area (Å²) in [4.78, 5) is 10.9. The Balaban J connectivity index is 2.36. The van der Waals surface area contributed by atoms with Gasteiger partial charge in [-0.05, 0) is 17.2 Å². The number of ether oxygens (including phenoxy) is 1. The Labute approximate surface area is 101 Å². The van der Waals surface area contributed by atoms with Gasteiger partial charge in [0.25, 0.3) is 0 Å². The molecule has 0 aromatic heterocycles. The fourth-order valence-corrected chi connectivity index (χ4v) is 1.90. The summed E-state index contributed by atoms with van der Waals surface area (Å²) < 4.78 is 5.31. The van der Waals surface area contributed by atoms with E-state index < -0.39 is 0 Å². The second-order valence-corrected chi connectivity index (χ2v) is 3.82. The summed E-state index contributed by atoms with van der Waals surface area (Å²) in [5, 5.41) is 0. The molecule has 0 aliphatic carbocycles. The van der Waals surface area contributed by atoms with E-state index in [0.29, 0.717) is 11.3 Å². The van der Waals surface area contributed by atoms with Crippen molar-refractivity contribution in [3.8, 4) is 5.75 Å². The quantitative estimate of drug-likeness (QED) is 0.749. The Morgan fingerprint density at radius 2 is 1.82 bits per heavy atom. The minimum atomic E-state index is 0.598. The van der Waals surface area contributed by atoms with Gasteiger partial charge >= 0.3 is 0 Å². The summed E-state index contributed by atoms with van der Waals surface area (Å²) in [5.41, 5.74) is 2.83. The molecule has 0 bridgehead atoms. The molecule has 0 aliphatic heterocycles. The summed E-state index contributed by atoms with van der Waals surface area (Å²) in [6.45, 7) is 0. The average Bonchev–Trinajstić information content (AvgIpc) is 2.39. The maximum atomic E-state index is 10.9. The summed E-state index contributed by atoms with van der Waals surface area (Å²) in [5.74, 6) is 0.673. The second-order valence-electron chi connectivity index (χ2n) is 3.82. The van der Waals surface area contributed by atoms with E-state index in [2.05, 4.69) is 12.1 Å². The molecule has 0 atom stereocenters. The minimum Gasteiger partial charge on any atom is -0.496 e. The lowest BCUT2D eigenvalue weighted by atomic mass is 10.0. The molecule has 0 unspecified atom stereocenters. The maximum absolute atomic E-state index is 10.9. The van der Waals surface area contributed by atoms with Gasteiger partial charge in [-0.15, -0.1) is 0 Å². The Kier molecular flexibility index (Phi) is 3.55. The van der Waals surface area contributed by atoms with Gasteiger partial charge in [0, 0.05) is 6.42 Å². The highest BCUT2D eigenvalue weighted by atomic mass is 16.5. The van der Waals surface area contributed by atoms with Crippen molar-refractivity contribution in [2.24, 2.45) is 0 Å². The smallest absolute Gasteiger partial charge is 0.153 e. The molecule has 86 valence electrons. The molecule has 2 nitrogen and oxygen atoms in total. The number of carbonyl (C=O) groups is 1. The number of rotatable bonds is 4. The largest absolute Gasteiger partial charge is 0.496 e. The maximum Gasteiger partial charge on any atom is 0.153 e. The van der Waals surface area contributed by atoms with Crippen LogP contribution in [0.2, 0.25) is 0 Å². The van der Waals surface area contributed by atoms with E-state index in [1.165, 1.54) is 5.56 Å². The van der Waals surface area contributed by atoms with E-state index in [1.54, 1.807) is 13.2 Å². The third-order valence-corrected chi connectivity index (χ3v) is 2.70. The second kappa shape index (κ2) is 5.30. The van der Waals surface area contributed by atoms with Gasteiger partial charge in [-0.25, -0.2) is 0 Å². The van der Waals surface area contributed by atoms with Crippen molar-refractivity contribution in [1.82, 2.24) is 0 Å². The summed E-state index contributed by atoms with van der Waals surface area (Å²) in [6, 6.07) is 15.8. The van der Waals surface area contributed by atoms with Crippen LogP contribution in [0.15, 0.2) is 48.5 Å². The van der Waals surface area contributed by atoms with E-state index in [0.717, 1.165) is 18.3 Å². The lowest BCUT2D eigenvalue weighted by molar-refractivity contribution is 0.112. The van der Waals surface area contributed by atoms with Crippen molar-refractivity contribution < 1.29 is 9.53 Å². The Morgan fingerprint density at radius 3 is 2.47 bits per heavy atom. The first-order chi connectivity index (χ1) is 8.35. The van der Waals surface area contributed by atoms with Crippen LogP contribution in [0.4, 0.5) is 0 Å². The third kappa shape index (κ3) is 2.53. The van der Waals surface area contributed by atoms with Crippen molar-refractivity contribution in [2.75, 3.05) is 7.11 Å². The van der Waals surface area contributed by atoms with E-state index >= 15 is 0 Å². The zero-order valence-corrected chi connectivity index (χ0v) is 9.72.